The molecule has 4 nitrogen and oxygen atoms in total. The van der Waals surface area contributed by atoms with Gasteiger partial charge in [0.15, 0.2) is 0 Å². The van der Waals surface area contributed by atoms with Crippen LogP contribution in [0.15, 0.2) is 17.0 Å². The van der Waals surface area contributed by atoms with Gasteiger partial charge in [0.1, 0.15) is 5.82 Å². The maximum atomic E-state index is 13.3. The Balaban J connectivity index is 3.14. The molecular weight excluding hydrogens is 255 g/mol. The van der Waals surface area contributed by atoms with Crippen molar-refractivity contribution in [3.63, 3.8) is 0 Å². The minimum atomic E-state index is -3.66. The van der Waals surface area contributed by atoms with Gasteiger partial charge in [-0.1, -0.05) is 13.8 Å². The fourth-order valence-corrected chi connectivity index (χ4v) is 2.88. The van der Waals surface area contributed by atoms with Crippen molar-refractivity contribution in [3.8, 4) is 0 Å². The van der Waals surface area contributed by atoms with Gasteiger partial charge in [-0.3, -0.25) is 0 Å². The lowest BCUT2D eigenvalue weighted by Crippen LogP contribution is -2.36. The van der Waals surface area contributed by atoms with E-state index in [1.165, 1.54) is 13.0 Å². The molecule has 1 unspecified atom stereocenters. The molecule has 1 aromatic carbocycles. The molecule has 0 aliphatic carbocycles. The van der Waals surface area contributed by atoms with Crippen LogP contribution in [0.2, 0.25) is 0 Å². The number of rotatable bonds is 4. The van der Waals surface area contributed by atoms with Crippen molar-refractivity contribution in [2.24, 2.45) is 5.92 Å². The maximum Gasteiger partial charge on any atom is 0.240 e. The summed E-state index contributed by atoms with van der Waals surface area (Å²) in [6, 6.07) is 2.21. The van der Waals surface area contributed by atoms with E-state index in [0.717, 1.165) is 6.07 Å². The van der Waals surface area contributed by atoms with E-state index in [4.69, 9.17) is 5.73 Å². The van der Waals surface area contributed by atoms with Crippen LogP contribution in [-0.4, -0.2) is 14.5 Å². The first-order chi connectivity index (χ1) is 8.15. The molecular formula is C12H19FN2O2S. The van der Waals surface area contributed by atoms with Crippen LogP contribution in [0.1, 0.15) is 26.3 Å². The Morgan fingerprint density at radius 1 is 1.28 bits per heavy atom. The highest BCUT2D eigenvalue weighted by molar-refractivity contribution is 7.89. The lowest BCUT2D eigenvalue weighted by atomic mass is 10.1. The lowest BCUT2D eigenvalue weighted by Gasteiger charge is -2.18. The summed E-state index contributed by atoms with van der Waals surface area (Å²) >= 11 is 0. The molecule has 1 atom stereocenters. The van der Waals surface area contributed by atoms with Gasteiger partial charge >= 0.3 is 0 Å². The molecule has 0 aliphatic heterocycles. The van der Waals surface area contributed by atoms with Gasteiger partial charge in [0.05, 0.1) is 10.6 Å². The monoisotopic (exact) mass is 274 g/mol. The molecule has 0 aliphatic rings. The Bertz CT molecular complexity index is 518. The Kier molecular flexibility index (Phi) is 4.34. The van der Waals surface area contributed by atoms with E-state index >= 15 is 0 Å². The predicted molar refractivity (Wildman–Crippen MR) is 70.2 cm³/mol. The number of halogens is 1. The number of anilines is 1. The second kappa shape index (κ2) is 5.24. The molecule has 1 rings (SSSR count). The lowest BCUT2D eigenvalue weighted by molar-refractivity contribution is 0.476. The largest absolute Gasteiger partial charge is 0.396 e. The first-order valence-corrected chi connectivity index (χ1v) is 7.21. The van der Waals surface area contributed by atoms with Crippen molar-refractivity contribution in [2.45, 2.75) is 38.6 Å². The Morgan fingerprint density at radius 3 is 2.28 bits per heavy atom. The molecule has 0 saturated heterocycles. The number of nitrogens with two attached hydrogens (primary N) is 1. The molecule has 18 heavy (non-hydrogen) atoms. The molecule has 0 spiro atoms. The van der Waals surface area contributed by atoms with Gasteiger partial charge in [-0.25, -0.2) is 17.5 Å². The van der Waals surface area contributed by atoms with Crippen LogP contribution < -0.4 is 10.5 Å². The second-order valence-corrected chi connectivity index (χ2v) is 6.51. The molecule has 102 valence electrons. The molecule has 0 bridgehead atoms. The van der Waals surface area contributed by atoms with Crippen LogP contribution in [0.3, 0.4) is 0 Å². The zero-order valence-corrected chi connectivity index (χ0v) is 11.8. The second-order valence-electron chi connectivity index (χ2n) is 4.80. The fraction of sp³-hybridized carbons (Fsp3) is 0.500. The zero-order chi connectivity index (χ0) is 14.1. The molecule has 0 saturated carbocycles. The van der Waals surface area contributed by atoms with Crippen LogP contribution in [0.25, 0.3) is 0 Å². The van der Waals surface area contributed by atoms with Gasteiger partial charge in [-0.15, -0.1) is 0 Å². The maximum absolute atomic E-state index is 13.3. The van der Waals surface area contributed by atoms with Gasteiger partial charge in [-0.2, -0.15) is 0 Å². The summed E-state index contributed by atoms with van der Waals surface area (Å²) in [5, 5.41) is 0. The number of aryl methyl sites for hydroxylation is 1. The molecule has 0 heterocycles. The van der Waals surface area contributed by atoms with E-state index in [0.29, 0.717) is 0 Å². The average molecular weight is 274 g/mol. The van der Waals surface area contributed by atoms with Gasteiger partial charge in [0.25, 0.3) is 0 Å². The number of benzene rings is 1. The van der Waals surface area contributed by atoms with Crippen LogP contribution in [0.5, 0.6) is 0 Å². The molecule has 3 N–H and O–H groups in total. The van der Waals surface area contributed by atoms with Crippen LogP contribution in [0, 0.1) is 18.7 Å². The number of nitrogen functional groups attached to an aromatic ring is 1. The highest BCUT2D eigenvalue weighted by Crippen LogP contribution is 2.21. The van der Waals surface area contributed by atoms with Crippen molar-refractivity contribution < 1.29 is 12.8 Å². The van der Waals surface area contributed by atoms with Crippen molar-refractivity contribution in [1.82, 2.24) is 4.72 Å². The van der Waals surface area contributed by atoms with E-state index in [2.05, 4.69) is 4.72 Å². The molecule has 6 heteroatoms. The SMILES string of the molecule is Cc1cc(S(=O)(=O)NC(C)C(C)C)cc(N)c1F. The third kappa shape index (κ3) is 3.20. The van der Waals surface area contributed by atoms with Crippen LogP contribution in [-0.2, 0) is 10.0 Å². The minimum absolute atomic E-state index is 0.00796. The predicted octanol–water partition coefficient (Wildman–Crippen LogP) is 2.04. The van der Waals surface area contributed by atoms with Crippen molar-refractivity contribution >= 4 is 15.7 Å². The van der Waals surface area contributed by atoms with E-state index in [1.54, 1.807) is 6.92 Å². The van der Waals surface area contributed by atoms with Crippen molar-refractivity contribution in [3.05, 3.63) is 23.5 Å². The Morgan fingerprint density at radius 2 is 1.83 bits per heavy atom. The van der Waals surface area contributed by atoms with Crippen molar-refractivity contribution in [1.29, 1.82) is 0 Å². The quantitative estimate of drug-likeness (QED) is 0.825. The summed E-state index contributed by atoms with van der Waals surface area (Å²) in [6.45, 7) is 7.09. The Hall–Kier alpha value is -1.14. The summed E-state index contributed by atoms with van der Waals surface area (Å²) in [4.78, 5) is -0.00796. The number of hydrogen-bond donors (Lipinski definition) is 2. The normalized spacial score (nSPS) is 13.9. The molecule has 0 radical (unpaired) electrons. The third-order valence-electron chi connectivity index (χ3n) is 2.91. The van der Waals surface area contributed by atoms with E-state index in [1.807, 2.05) is 13.8 Å². The average Bonchev–Trinajstić information content (AvgIpc) is 2.24. The van der Waals surface area contributed by atoms with E-state index in [-0.39, 0.29) is 28.1 Å². The minimum Gasteiger partial charge on any atom is -0.396 e. The summed E-state index contributed by atoms with van der Waals surface area (Å²) in [5.41, 5.74) is 5.50. The van der Waals surface area contributed by atoms with Gasteiger partial charge < -0.3 is 5.73 Å². The summed E-state index contributed by atoms with van der Waals surface area (Å²) in [6.07, 6.45) is 0. The first-order valence-electron chi connectivity index (χ1n) is 5.73. The highest BCUT2D eigenvalue weighted by Gasteiger charge is 2.21. The van der Waals surface area contributed by atoms with E-state index < -0.39 is 15.8 Å². The molecule has 0 amide bonds. The summed E-state index contributed by atoms with van der Waals surface area (Å²) in [5.74, 6) is -0.412. The fourth-order valence-electron chi connectivity index (χ4n) is 1.37. The summed E-state index contributed by atoms with van der Waals surface area (Å²) < 4.78 is 40.0. The first kappa shape index (κ1) is 14.9. The standard InChI is InChI=1S/C12H19FN2O2S/c1-7(2)9(4)15-18(16,17)10-5-8(3)12(13)11(14)6-10/h5-7,9,15H,14H2,1-4H3. The highest BCUT2D eigenvalue weighted by atomic mass is 32.2. The van der Waals surface area contributed by atoms with Crippen molar-refractivity contribution in [2.75, 3.05) is 5.73 Å². The van der Waals surface area contributed by atoms with Gasteiger partial charge in [0.2, 0.25) is 10.0 Å². The number of nitrogens with one attached hydrogen (secondary N) is 1. The number of sulfonamides is 1. The Labute approximate surface area is 107 Å². The number of hydrogen-bond acceptors (Lipinski definition) is 3. The third-order valence-corrected chi connectivity index (χ3v) is 4.45. The molecule has 0 fully saturated rings. The summed E-state index contributed by atoms with van der Waals surface area (Å²) in [7, 11) is -3.66. The zero-order valence-electron chi connectivity index (χ0n) is 11.0. The van der Waals surface area contributed by atoms with Gasteiger partial charge in [0, 0.05) is 6.04 Å². The van der Waals surface area contributed by atoms with Gasteiger partial charge in [-0.05, 0) is 37.5 Å². The smallest absolute Gasteiger partial charge is 0.240 e. The topological polar surface area (TPSA) is 72.2 Å². The molecule has 0 aromatic heterocycles. The van der Waals surface area contributed by atoms with E-state index in [9.17, 15) is 12.8 Å². The molecule has 1 aromatic rings. The van der Waals surface area contributed by atoms with Crippen LogP contribution in [0.4, 0.5) is 10.1 Å². The van der Waals surface area contributed by atoms with Crippen LogP contribution >= 0.6 is 0 Å².